The van der Waals surface area contributed by atoms with Crippen LogP contribution in [0.15, 0.2) is 71.6 Å². The first-order valence-electron chi connectivity index (χ1n) is 9.72. The number of fused-ring (bicyclic) bond motifs is 1. The molecule has 0 atom stereocenters. The Morgan fingerprint density at radius 1 is 0.909 bits per heavy atom. The predicted molar refractivity (Wildman–Crippen MR) is 124 cm³/mol. The van der Waals surface area contributed by atoms with Gasteiger partial charge in [0.15, 0.2) is 0 Å². The van der Waals surface area contributed by atoms with Gasteiger partial charge in [0.1, 0.15) is 0 Å². The molecule has 3 aromatic carbocycles. The molecular formula is C23H18ClN3O5S. The van der Waals surface area contributed by atoms with Gasteiger partial charge in [-0.15, -0.1) is 0 Å². The van der Waals surface area contributed by atoms with Crippen molar-refractivity contribution in [2.45, 2.75) is 4.90 Å². The van der Waals surface area contributed by atoms with Crippen LogP contribution >= 0.6 is 11.6 Å². The lowest BCUT2D eigenvalue weighted by atomic mass is 10.1. The number of nitrogens with one attached hydrogen (secondary N) is 1. The Labute approximate surface area is 195 Å². The number of benzene rings is 3. The van der Waals surface area contributed by atoms with Crippen LogP contribution in [-0.2, 0) is 10.0 Å². The number of imide groups is 1. The topological polar surface area (TPSA) is 104 Å². The molecule has 0 bridgehead atoms. The van der Waals surface area contributed by atoms with Gasteiger partial charge >= 0.3 is 0 Å². The van der Waals surface area contributed by atoms with Gasteiger partial charge in [-0.2, -0.15) is 0 Å². The molecule has 0 saturated carbocycles. The van der Waals surface area contributed by atoms with Crippen molar-refractivity contribution in [1.82, 2.24) is 4.31 Å². The highest BCUT2D eigenvalue weighted by molar-refractivity contribution is 7.89. The van der Waals surface area contributed by atoms with Crippen molar-refractivity contribution < 1.29 is 22.8 Å². The molecule has 4 rings (SSSR count). The van der Waals surface area contributed by atoms with E-state index in [-0.39, 0.29) is 27.3 Å². The van der Waals surface area contributed by atoms with Gasteiger partial charge in [-0.05, 0) is 60.7 Å². The van der Waals surface area contributed by atoms with Crippen LogP contribution in [0.1, 0.15) is 31.1 Å². The quantitative estimate of drug-likeness (QED) is 0.558. The molecule has 8 nitrogen and oxygen atoms in total. The lowest BCUT2D eigenvalue weighted by Crippen LogP contribution is -2.29. The van der Waals surface area contributed by atoms with Gasteiger partial charge in [-0.1, -0.05) is 17.7 Å². The zero-order valence-corrected chi connectivity index (χ0v) is 19.1. The summed E-state index contributed by atoms with van der Waals surface area (Å²) in [6.45, 7) is 0. The van der Waals surface area contributed by atoms with Crippen molar-refractivity contribution in [3.05, 3.63) is 88.4 Å². The van der Waals surface area contributed by atoms with Crippen molar-refractivity contribution in [2.24, 2.45) is 0 Å². The van der Waals surface area contributed by atoms with Crippen LogP contribution in [0, 0.1) is 0 Å². The number of carbonyl (C=O) groups is 3. The molecule has 0 aliphatic carbocycles. The normalized spacial score (nSPS) is 13.4. The maximum Gasteiger partial charge on any atom is 0.266 e. The second-order valence-electron chi connectivity index (χ2n) is 7.45. The van der Waals surface area contributed by atoms with E-state index in [1.54, 1.807) is 30.3 Å². The number of anilines is 2. The first kappa shape index (κ1) is 22.7. The molecule has 1 heterocycles. The predicted octanol–water partition coefficient (Wildman–Crippen LogP) is 3.64. The molecule has 0 aromatic heterocycles. The van der Waals surface area contributed by atoms with E-state index in [0.717, 1.165) is 9.21 Å². The van der Waals surface area contributed by atoms with E-state index in [1.807, 2.05) is 0 Å². The molecule has 0 unspecified atom stereocenters. The minimum atomic E-state index is -3.67. The number of halogens is 1. The standard InChI is InChI=1S/C23H18ClN3O5S/c1-26(2)33(31,32)18-5-3-4-16(13-18)25-21(28)14-6-11-19-20(12-14)23(30)27(22(19)29)17-9-7-15(24)8-10-17/h3-13H,1-2H3,(H,25,28). The minimum absolute atomic E-state index is 0.0265. The molecule has 3 amide bonds. The molecule has 10 heteroatoms. The van der Waals surface area contributed by atoms with Gasteiger partial charge in [0.2, 0.25) is 10.0 Å². The molecular weight excluding hydrogens is 466 g/mol. The van der Waals surface area contributed by atoms with E-state index >= 15 is 0 Å². The van der Waals surface area contributed by atoms with Crippen LogP contribution in [0.3, 0.4) is 0 Å². The molecule has 0 fully saturated rings. The highest BCUT2D eigenvalue weighted by atomic mass is 35.5. The molecule has 33 heavy (non-hydrogen) atoms. The average Bonchev–Trinajstić information content (AvgIpc) is 3.04. The zero-order valence-electron chi connectivity index (χ0n) is 17.6. The van der Waals surface area contributed by atoms with Crippen LogP contribution < -0.4 is 10.2 Å². The van der Waals surface area contributed by atoms with Gasteiger partial charge in [0, 0.05) is 30.4 Å². The number of rotatable bonds is 5. The maximum atomic E-state index is 12.9. The number of nitrogens with zero attached hydrogens (tertiary/aromatic N) is 2. The molecule has 3 aromatic rings. The van der Waals surface area contributed by atoms with Gasteiger partial charge < -0.3 is 5.32 Å². The number of carbonyl (C=O) groups excluding carboxylic acids is 3. The van der Waals surface area contributed by atoms with Crippen LogP contribution in [0.5, 0.6) is 0 Å². The summed E-state index contributed by atoms with van der Waals surface area (Å²) in [5.74, 6) is -1.60. The minimum Gasteiger partial charge on any atom is -0.322 e. The fraction of sp³-hybridized carbons (Fsp3) is 0.0870. The molecule has 1 aliphatic rings. The summed E-state index contributed by atoms with van der Waals surface area (Å²) in [7, 11) is -0.844. The average molecular weight is 484 g/mol. The Kier molecular flexibility index (Phi) is 5.79. The van der Waals surface area contributed by atoms with E-state index < -0.39 is 27.7 Å². The summed E-state index contributed by atoms with van der Waals surface area (Å²) < 4.78 is 25.7. The lowest BCUT2D eigenvalue weighted by Gasteiger charge is -2.13. The first-order valence-corrected chi connectivity index (χ1v) is 11.5. The summed E-state index contributed by atoms with van der Waals surface area (Å²) in [6.07, 6.45) is 0. The highest BCUT2D eigenvalue weighted by Crippen LogP contribution is 2.30. The van der Waals surface area contributed by atoms with E-state index in [1.165, 1.54) is 50.5 Å². The lowest BCUT2D eigenvalue weighted by molar-refractivity contribution is 0.0925. The third-order valence-corrected chi connectivity index (χ3v) is 7.17. The fourth-order valence-corrected chi connectivity index (χ4v) is 4.43. The van der Waals surface area contributed by atoms with Crippen LogP contribution in [0.4, 0.5) is 11.4 Å². The number of hydrogen-bond donors (Lipinski definition) is 1. The van der Waals surface area contributed by atoms with Crippen molar-refractivity contribution in [3.8, 4) is 0 Å². The summed E-state index contributed by atoms with van der Waals surface area (Å²) in [4.78, 5) is 39.5. The van der Waals surface area contributed by atoms with E-state index in [0.29, 0.717) is 10.7 Å². The second-order valence-corrected chi connectivity index (χ2v) is 10.0. The second kappa shape index (κ2) is 8.43. The largest absolute Gasteiger partial charge is 0.322 e. The Balaban J connectivity index is 1.60. The molecule has 0 radical (unpaired) electrons. The van der Waals surface area contributed by atoms with Crippen molar-refractivity contribution >= 4 is 50.7 Å². The molecule has 0 saturated heterocycles. The van der Waals surface area contributed by atoms with Crippen molar-refractivity contribution in [1.29, 1.82) is 0 Å². The maximum absolute atomic E-state index is 12.9. The Bertz CT molecular complexity index is 1400. The fourth-order valence-electron chi connectivity index (χ4n) is 3.36. The van der Waals surface area contributed by atoms with Crippen molar-refractivity contribution in [2.75, 3.05) is 24.3 Å². The SMILES string of the molecule is CN(C)S(=O)(=O)c1cccc(NC(=O)c2ccc3c(c2)C(=O)N(c2ccc(Cl)cc2)C3=O)c1. The van der Waals surface area contributed by atoms with Crippen LogP contribution in [0.25, 0.3) is 0 Å². The first-order chi connectivity index (χ1) is 15.6. The summed E-state index contributed by atoms with van der Waals surface area (Å²) in [5.41, 5.74) is 1.08. The summed E-state index contributed by atoms with van der Waals surface area (Å²) in [6, 6.07) is 16.3. The highest BCUT2D eigenvalue weighted by Gasteiger charge is 2.37. The van der Waals surface area contributed by atoms with Gasteiger partial charge in [-0.3, -0.25) is 14.4 Å². The molecule has 1 N–H and O–H groups in total. The monoisotopic (exact) mass is 483 g/mol. The Morgan fingerprint density at radius 2 is 1.58 bits per heavy atom. The molecule has 168 valence electrons. The third kappa shape index (κ3) is 4.13. The van der Waals surface area contributed by atoms with E-state index in [4.69, 9.17) is 11.6 Å². The Hall–Kier alpha value is -3.53. The smallest absolute Gasteiger partial charge is 0.266 e. The van der Waals surface area contributed by atoms with Gasteiger partial charge in [0.25, 0.3) is 17.7 Å². The van der Waals surface area contributed by atoms with Gasteiger partial charge in [0.05, 0.1) is 21.7 Å². The van der Waals surface area contributed by atoms with Crippen LogP contribution in [-0.4, -0.2) is 44.5 Å². The van der Waals surface area contributed by atoms with Crippen molar-refractivity contribution in [3.63, 3.8) is 0 Å². The zero-order chi connectivity index (χ0) is 23.9. The Morgan fingerprint density at radius 3 is 2.24 bits per heavy atom. The number of hydrogen-bond acceptors (Lipinski definition) is 5. The number of amides is 3. The summed E-state index contributed by atoms with van der Waals surface area (Å²) in [5, 5.41) is 3.10. The molecule has 1 aliphatic heterocycles. The number of sulfonamides is 1. The third-order valence-electron chi connectivity index (χ3n) is 5.10. The summed E-state index contributed by atoms with van der Waals surface area (Å²) >= 11 is 5.88. The van der Waals surface area contributed by atoms with E-state index in [9.17, 15) is 22.8 Å². The van der Waals surface area contributed by atoms with E-state index in [2.05, 4.69) is 5.32 Å². The van der Waals surface area contributed by atoms with Crippen LogP contribution in [0.2, 0.25) is 5.02 Å². The molecule has 0 spiro atoms. The van der Waals surface area contributed by atoms with Gasteiger partial charge in [-0.25, -0.2) is 17.6 Å².